The molecule has 0 unspecified atom stereocenters. The van der Waals surface area contributed by atoms with E-state index in [1.54, 1.807) is 28.8 Å². The first-order valence-corrected chi connectivity index (χ1v) is 9.99. The van der Waals surface area contributed by atoms with Gasteiger partial charge in [-0.2, -0.15) is 0 Å². The molecule has 0 aliphatic rings. The van der Waals surface area contributed by atoms with Crippen molar-refractivity contribution in [2.45, 2.75) is 19.9 Å². The van der Waals surface area contributed by atoms with Crippen molar-refractivity contribution in [1.82, 2.24) is 4.57 Å². The number of carbonyl (C=O) groups is 1. The summed E-state index contributed by atoms with van der Waals surface area (Å²) >= 11 is 6.07. The van der Waals surface area contributed by atoms with Crippen LogP contribution in [0.15, 0.2) is 77.6 Å². The van der Waals surface area contributed by atoms with E-state index in [0.29, 0.717) is 11.6 Å². The van der Waals surface area contributed by atoms with Crippen LogP contribution in [0.25, 0.3) is 22.0 Å². The number of hydrogen-bond donors (Lipinski definition) is 1. The Bertz CT molecular complexity index is 1290. The summed E-state index contributed by atoms with van der Waals surface area (Å²) < 4.78 is 1.74. The van der Waals surface area contributed by atoms with E-state index in [-0.39, 0.29) is 12.0 Å². The Kier molecular flexibility index (Phi) is 5.42. The van der Waals surface area contributed by atoms with E-state index < -0.39 is 5.97 Å². The van der Waals surface area contributed by atoms with Gasteiger partial charge in [-0.1, -0.05) is 54.1 Å². The number of aromatic nitrogens is 1. The molecular weight excluding hydrogens is 398 g/mol. The fourth-order valence-corrected chi connectivity index (χ4v) is 3.99. The minimum atomic E-state index is -0.898. The van der Waals surface area contributed by atoms with E-state index in [1.165, 1.54) is 0 Å². The second kappa shape index (κ2) is 8.17. The molecule has 3 aromatic carbocycles. The van der Waals surface area contributed by atoms with Crippen LogP contribution in [0.2, 0.25) is 5.02 Å². The molecule has 0 saturated heterocycles. The molecule has 0 saturated carbocycles. The van der Waals surface area contributed by atoms with E-state index in [2.05, 4.69) is 0 Å². The van der Waals surface area contributed by atoms with Gasteiger partial charge >= 0.3 is 5.97 Å². The van der Waals surface area contributed by atoms with Crippen molar-refractivity contribution in [2.24, 2.45) is 0 Å². The lowest BCUT2D eigenvalue weighted by molar-refractivity contribution is -0.136. The maximum Gasteiger partial charge on any atom is 0.307 e. The minimum absolute atomic E-state index is 0.0983. The van der Waals surface area contributed by atoms with Gasteiger partial charge in [-0.3, -0.25) is 9.59 Å². The van der Waals surface area contributed by atoms with Gasteiger partial charge in [0.05, 0.1) is 18.5 Å². The molecule has 150 valence electrons. The highest BCUT2D eigenvalue weighted by Gasteiger charge is 2.18. The monoisotopic (exact) mass is 417 g/mol. The summed E-state index contributed by atoms with van der Waals surface area (Å²) in [5.41, 5.74) is 4.97. The van der Waals surface area contributed by atoms with Crippen LogP contribution >= 0.6 is 11.6 Å². The summed E-state index contributed by atoms with van der Waals surface area (Å²) in [6.45, 7) is 2.33. The largest absolute Gasteiger partial charge is 0.481 e. The molecule has 0 amide bonds. The van der Waals surface area contributed by atoms with E-state index >= 15 is 0 Å². The van der Waals surface area contributed by atoms with Crippen LogP contribution in [0.4, 0.5) is 0 Å². The van der Waals surface area contributed by atoms with Gasteiger partial charge in [0.1, 0.15) is 0 Å². The number of fused-ring (bicyclic) bond motifs is 1. The molecule has 30 heavy (non-hydrogen) atoms. The third kappa shape index (κ3) is 3.87. The Balaban J connectivity index is 2.03. The predicted molar refractivity (Wildman–Crippen MR) is 120 cm³/mol. The van der Waals surface area contributed by atoms with Gasteiger partial charge in [0, 0.05) is 16.5 Å². The fourth-order valence-electron chi connectivity index (χ4n) is 3.87. The number of nitrogens with zero attached hydrogens (tertiary/aromatic N) is 1. The zero-order valence-corrected chi connectivity index (χ0v) is 17.2. The number of aliphatic carboxylic acids is 1. The quantitative estimate of drug-likeness (QED) is 0.479. The third-order valence-electron chi connectivity index (χ3n) is 5.27. The van der Waals surface area contributed by atoms with Crippen LogP contribution in [0, 0.1) is 6.92 Å². The van der Waals surface area contributed by atoms with Crippen LogP contribution in [0.1, 0.15) is 16.7 Å². The van der Waals surface area contributed by atoms with Gasteiger partial charge in [0.15, 0.2) is 0 Å². The molecule has 1 aromatic heterocycles. The van der Waals surface area contributed by atoms with Crippen molar-refractivity contribution in [3.05, 3.63) is 105 Å². The number of pyridine rings is 1. The number of benzene rings is 3. The maximum absolute atomic E-state index is 12.8. The number of halogens is 1. The van der Waals surface area contributed by atoms with E-state index in [0.717, 1.165) is 38.7 Å². The topological polar surface area (TPSA) is 59.3 Å². The number of hydrogen-bond acceptors (Lipinski definition) is 2. The Morgan fingerprint density at radius 1 is 1.00 bits per heavy atom. The van der Waals surface area contributed by atoms with Gasteiger partial charge < -0.3 is 9.67 Å². The molecule has 4 aromatic rings. The lowest BCUT2D eigenvalue weighted by Gasteiger charge is -2.19. The van der Waals surface area contributed by atoms with Crippen molar-refractivity contribution in [1.29, 1.82) is 0 Å². The van der Waals surface area contributed by atoms with Crippen molar-refractivity contribution in [3.63, 3.8) is 0 Å². The second-order valence-corrected chi connectivity index (χ2v) is 7.74. The zero-order chi connectivity index (χ0) is 21.3. The number of aryl methyl sites for hydroxylation is 1. The summed E-state index contributed by atoms with van der Waals surface area (Å²) in [4.78, 5) is 24.3. The third-order valence-corrected chi connectivity index (χ3v) is 5.52. The summed E-state index contributed by atoms with van der Waals surface area (Å²) in [6, 6.07) is 22.4. The standard InChI is InChI=1S/C25H20ClNO3/c1-16-13-22-20(11-12-23(28)27(22)15-17-5-3-2-4-6-17)25(21(16)14-24(29)30)18-7-9-19(26)10-8-18/h2-13H,14-15H2,1H3,(H,29,30). The van der Waals surface area contributed by atoms with Crippen LogP contribution in [0.3, 0.4) is 0 Å². The zero-order valence-electron chi connectivity index (χ0n) is 16.4. The number of carboxylic acid groups (broad SMARTS) is 1. The molecule has 0 radical (unpaired) electrons. The Hall–Kier alpha value is -3.37. The van der Waals surface area contributed by atoms with Crippen molar-refractivity contribution >= 4 is 28.5 Å². The first-order valence-electron chi connectivity index (χ1n) is 9.62. The van der Waals surface area contributed by atoms with Gasteiger partial charge in [-0.15, -0.1) is 0 Å². The van der Waals surface area contributed by atoms with E-state index in [9.17, 15) is 14.7 Å². The van der Waals surface area contributed by atoms with Crippen molar-refractivity contribution in [2.75, 3.05) is 0 Å². The highest BCUT2D eigenvalue weighted by Crippen LogP contribution is 2.35. The summed E-state index contributed by atoms with van der Waals surface area (Å²) in [7, 11) is 0. The average molecular weight is 418 g/mol. The van der Waals surface area contributed by atoms with Crippen LogP contribution in [-0.2, 0) is 17.8 Å². The van der Waals surface area contributed by atoms with Gasteiger partial charge in [0.25, 0.3) is 5.56 Å². The molecule has 1 N–H and O–H groups in total. The maximum atomic E-state index is 12.8. The number of rotatable bonds is 5. The summed E-state index contributed by atoms with van der Waals surface area (Å²) in [5, 5.41) is 10.9. The molecule has 0 fully saturated rings. The molecule has 4 rings (SSSR count). The smallest absolute Gasteiger partial charge is 0.307 e. The second-order valence-electron chi connectivity index (χ2n) is 7.30. The Morgan fingerprint density at radius 2 is 1.70 bits per heavy atom. The highest BCUT2D eigenvalue weighted by molar-refractivity contribution is 6.30. The minimum Gasteiger partial charge on any atom is -0.481 e. The van der Waals surface area contributed by atoms with Gasteiger partial charge in [0.2, 0.25) is 0 Å². The summed E-state index contributed by atoms with van der Waals surface area (Å²) in [5.74, 6) is -0.898. The average Bonchev–Trinajstić information content (AvgIpc) is 2.72. The number of carboxylic acids is 1. The normalized spacial score (nSPS) is 11.0. The first kappa shape index (κ1) is 19.9. The molecule has 0 aliphatic carbocycles. The molecule has 0 aliphatic heterocycles. The first-order chi connectivity index (χ1) is 14.4. The predicted octanol–water partition coefficient (Wildman–Crippen LogP) is 5.31. The van der Waals surface area contributed by atoms with E-state index in [4.69, 9.17) is 11.6 Å². The molecule has 0 spiro atoms. The summed E-state index contributed by atoms with van der Waals surface area (Å²) in [6.07, 6.45) is -0.0997. The van der Waals surface area contributed by atoms with Gasteiger partial charge in [-0.25, -0.2) is 0 Å². The Morgan fingerprint density at radius 3 is 2.37 bits per heavy atom. The van der Waals surface area contributed by atoms with Crippen LogP contribution in [-0.4, -0.2) is 15.6 Å². The molecule has 5 heteroatoms. The van der Waals surface area contributed by atoms with E-state index in [1.807, 2.05) is 55.5 Å². The Labute approximate surface area is 179 Å². The lowest BCUT2D eigenvalue weighted by atomic mass is 9.90. The van der Waals surface area contributed by atoms with Crippen LogP contribution in [0.5, 0.6) is 0 Å². The molecule has 0 atom stereocenters. The molecule has 1 heterocycles. The highest BCUT2D eigenvalue weighted by atomic mass is 35.5. The van der Waals surface area contributed by atoms with Crippen LogP contribution < -0.4 is 5.56 Å². The fraction of sp³-hybridized carbons (Fsp3) is 0.120. The SMILES string of the molecule is Cc1cc2c(ccc(=O)n2Cc2ccccc2)c(-c2ccc(Cl)cc2)c1CC(=O)O. The van der Waals surface area contributed by atoms with Gasteiger partial charge in [-0.05, 0) is 59.0 Å². The van der Waals surface area contributed by atoms with Crippen molar-refractivity contribution < 1.29 is 9.90 Å². The molecule has 0 bridgehead atoms. The molecule has 4 nitrogen and oxygen atoms in total. The van der Waals surface area contributed by atoms with Crippen molar-refractivity contribution in [3.8, 4) is 11.1 Å². The lowest BCUT2D eigenvalue weighted by Crippen LogP contribution is -2.20. The molecular formula is C25H20ClNO3.